The third-order valence-electron chi connectivity index (χ3n) is 4.61. The summed E-state index contributed by atoms with van der Waals surface area (Å²) >= 11 is 0. The molecule has 2 aromatic carbocycles. The van der Waals surface area contributed by atoms with Gasteiger partial charge in [0.15, 0.2) is 5.82 Å². The molecule has 7 heteroatoms. The number of anilines is 3. The normalized spacial score (nSPS) is 10.6. The molecule has 0 aliphatic rings. The number of hydrogen-bond acceptors (Lipinski definition) is 5. The first kappa shape index (κ1) is 19.3. The minimum absolute atomic E-state index is 0.122. The van der Waals surface area contributed by atoms with Gasteiger partial charge >= 0.3 is 0 Å². The van der Waals surface area contributed by atoms with E-state index in [1.165, 1.54) is 0 Å². The molecule has 0 atom stereocenters. The second kappa shape index (κ2) is 8.16. The van der Waals surface area contributed by atoms with E-state index in [1.54, 1.807) is 10.9 Å². The van der Waals surface area contributed by atoms with Crippen molar-refractivity contribution in [1.29, 1.82) is 0 Å². The fourth-order valence-electron chi connectivity index (χ4n) is 3.19. The molecular weight excluding hydrogens is 376 g/mol. The molecule has 0 saturated carbocycles. The molecule has 0 radical (unpaired) electrons. The highest BCUT2D eigenvalue weighted by Crippen LogP contribution is 2.20. The Balaban J connectivity index is 1.47. The fraction of sp³-hybridized carbons (Fsp3) is 0.130. The van der Waals surface area contributed by atoms with Crippen LogP contribution >= 0.6 is 0 Å². The highest BCUT2D eigenvalue weighted by Gasteiger charge is 2.10. The van der Waals surface area contributed by atoms with E-state index in [9.17, 15) is 4.79 Å². The lowest BCUT2D eigenvalue weighted by Gasteiger charge is -2.11. The summed E-state index contributed by atoms with van der Waals surface area (Å²) in [5.41, 5.74) is 4.34. The van der Waals surface area contributed by atoms with Crippen LogP contribution < -0.4 is 10.6 Å². The molecule has 2 N–H and O–H groups in total. The maximum absolute atomic E-state index is 12.6. The average molecular weight is 398 g/mol. The van der Waals surface area contributed by atoms with Crippen molar-refractivity contribution < 1.29 is 4.79 Å². The summed E-state index contributed by atoms with van der Waals surface area (Å²) in [6.07, 6.45) is 3.54. The van der Waals surface area contributed by atoms with Crippen molar-refractivity contribution in [3.05, 3.63) is 89.5 Å². The smallest absolute Gasteiger partial charge is 0.255 e. The molecule has 4 rings (SSSR count). The molecule has 0 unspecified atom stereocenters. The van der Waals surface area contributed by atoms with Gasteiger partial charge in [-0.2, -0.15) is 5.10 Å². The standard InChI is InChI=1S/C23H22N6O/c1-15-5-10-20(16(2)13-15)23(30)28-19-8-6-18(7-9-19)27-21-14-22(26-17(3)25-21)29-12-4-11-24-29/h4-14H,1-3H3,(H,28,30)(H,25,26,27). The second-order valence-corrected chi connectivity index (χ2v) is 7.08. The topological polar surface area (TPSA) is 84.7 Å². The van der Waals surface area contributed by atoms with Crippen LogP contribution in [-0.4, -0.2) is 25.7 Å². The number of aryl methyl sites for hydroxylation is 3. The molecule has 0 aliphatic carbocycles. The van der Waals surface area contributed by atoms with Gasteiger partial charge in [-0.1, -0.05) is 17.7 Å². The van der Waals surface area contributed by atoms with Crippen molar-refractivity contribution in [1.82, 2.24) is 19.7 Å². The van der Waals surface area contributed by atoms with Crippen LogP contribution in [0.5, 0.6) is 0 Å². The molecule has 4 aromatic rings. The zero-order valence-electron chi connectivity index (χ0n) is 17.0. The molecule has 7 nitrogen and oxygen atoms in total. The number of carbonyl (C=O) groups is 1. The average Bonchev–Trinajstić information content (AvgIpc) is 3.24. The van der Waals surface area contributed by atoms with Crippen LogP contribution in [0, 0.1) is 20.8 Å². The number of nitrogens with one attached hydrogen (secondary N) is 2. The summed E-state index contributed by atoms with van der Waals surface area (Å²) in [4.78, 5) is 21.4. The highest BCUT2D eigenvalue weighted by atomic mass is 16.1. The third kappa shape index (κ3) is 4.35. The summed E-state index contributed by atoms with van der Waals surface area (Å²) in [5.74, 6) is 1.87. The number of carbonyl (C=O) groups excluding carboxylic acids is 1. The van der Waals surface area contributed by atoms with Gasteiger partial charge in [-0.05, 0) is 62.7 Å². The third-order valence-corrected chi connectivity index (χ3v) is 4.61. The lowest BCUT2D eigenvalue weighted by atomic mass is 10.1. The molecule has 0 spiro atoms. The van der Waals surface area contributed by atoms with Gasteiger partial charge in [0, 0.05) is 35.4 Å². The van der Waals surface area contributed by atoms with E-state index in [0.29, 0.717) is 23.0 Å². The number of rotatable bonds is 5. The van der Waals surface area contributed by atoms with Crippen molar-refractivity contribution in [2.24, 2.45) is 0 Å². The molecular formula is C23H22N6O. The van der Waals surface area contributed by atoms with Crippen molar-refractivity contribution >= 4 is 23.1 Å². The predicted molar refractivity (Wildman–Crippen MR) is 117 cm³/mol. The first-order valence-corrected chi connectivity index (χ1v) is 9.59. The van der Waals surface area contributed by atoms with Crippen LogP contribution in [-0.2, 0) is 0 Å². The Morgan fingerprint density at radius 2 is 1.70 bits per heavy atom. The molecule has 150 valence electrons. The summed E-state index contributed by atoms with van der Waals surface area (Å²) in [6, 6.07) is 17.0. The molecule has 2 heterocycles. The Hall–Kier alpha value is -4.00. The van der Waals surface area contributed by atoms with Crippen molar-refractivity contribution in [2.75, 3.05) is 10.6 Å². The highest BCUT2D eigenvalue weighted by molar-refractivity contribution is 6.05. The Labute approximate surface area is 174 Å². The summed E-state index contributed by atoms with van der Waals surface area (Å²) < 4.78 is 1.69. The van der Waals surface area contributed by atoms with Gasteiger partial charge in [0.05, 0.1) is 0 Å². The van der Waals surface area contributed by atoms with Gasteiger partial charge in [0.1, 0.15) is 11.6 Å². The van der Waals surface area contributed by atoms with Gasteiger partial charge in [-0.3, -0.25) is 4.79 Å². The first-order chi connectivity index (χ1) is 14.5. The number of amides is 1. The monoisotopic (exact) mass is 398 g/mol. The maximum Gasteiger partial charge on any atom is 0.255 e. The van der Waals surface area contributed by atoms with Crippen molar-refractivity contribution in [3.63, 3.8) is 0 Å². The van der Waals surface area contributed by atoms with Gasteiger partial charge in [-0.15, -0.1) is 0 Å². The van der Waals surface area contributed by atoms with Gasteiger partial charge in [0.25, 0.3) is 5.91 Å². The van der Waals surface area contributed by atoms with E-state index >= 15 is 0 Å². The second-order valence-electron chi connectivity index (χ2n) is 7.08. The number of benzene rings is 2. The first-order valence-electron chi connectivity index (χ1n) is 9.59. The number of nitrogens with zero attached hydrogens (tertiary/aromatic N) is 4. The molecule has 0 saturated heterocycles. The Morgan fingerprint density at radius 1 is 0.933 bits per heavy atom. The fourth-order valence-corrected chi connectivity index (χ4v) is 3.19. The van der Waals surface area contributed by atoms with Gasteiger partial charge < -0.3 is 10.6 Å². The van der Waals surface area contributed by atoms with E-state index in [4.69, 9.17) is 0 Å². The van der Waals surface area contributed by atoms with Gasteiger partial charge in [0.2, 0.25) is 0 Å². The molecule has 0 bridgehead atoms. The van der Waals surface area contributed by atoms with E-state index in [2.05, 4.69) is 25.7 Å². The largest absolute Gasteiger partial charge is 0.340 e. The minimum Gasteiger partial charge on any atom is -0.340 e. The van der Waals surface area contributed by atoms with Crippen LogP contribution in [0.25, 0.3) is 5.82 Å². The SMILES string of the molecule is Cc1ccc(C(=O)Nc2ccc(Nc3cc(-n4cccn4)nc(C)n3)cc2)c(C)c1. The Morgan fingerprint density at radius 3 is 2.40 bits per heavy atom. The van der Waals surface area contributed by atoms with Crippen LogP contribution in [0.1, 0.15) is 27.3 Å². The van der Waals surface area contributed by atoms with Gasteiger partial charge in [-0.25, -0.2) is 14.6 Å². The van der Waals surface area contributed by atoms with E-state index in [1.807, 2.05) is 81.6 Å². The molecule has 2 aromatic heterocycles. The maximum atomic E-state index is 12.6. The summed E-state index contributed by atoms with van der Waals surface area (Å²) in [6.45, 7) is 5.79. The van der Waals surface area contributed by atoms with Crippen molar-refractivity contribution in [2.45, 2.75) is 20.8 Å². The molecule has 1 amide bonds. The van der Waals surface area contributed by atoms with Crippen molar-refractivity contribution in [3.8, 4) is 5.82 Å². The van der Waals surface area contributed by atoms with Crippen LogP contribution in [0.4, 0.5) is 17.2 Å². The molecule has 0 aliphatic heterocycles. The summed E-state index contributed by atoms with van der Waals surface area (Å²) in [5, 5.41) is 10.4. The van der Waals surface area contributed by atoms with Crippen LogP contribution in [0.2, 0.25) is 0 Å². The quantitative estimate of drug-likeness (QED) is 0.514. The lowest BCUT2D eigenvalue weighted by molar-refractivity contribution is 0.102. The Bertz CT molecular complexity index is 1180. The summed E-state index contributed by atoms with van der Waals surface area (Å²) in [7, 11) is 0. The predicted octanol–water partition coefficient (Wildman–Crippen LogP) is 4.58. The van der Waals surface area contributed by atoms with Crippen LogP contribution in [0.3, 0.4) is 0 Å². The zero-order chi connectivity index (χ0) is 21.1. The number of hydrogen-bond donors (Lipinski definition) is 2. The zero-order valence-corrected chi connectivity index (χ0v) is 17.0. The minimum atomic E-state index is -0.122. The number of aromatic nitrogens is 4. The molecule has 0 fully saturated rings. The lowest BCUT2D eigenvalue weighted by Crippen LogP contribution is -2.13. The van der Waals surface area contributed by atoms with E-state index in [0.717, 1.165) is 22.5 Å². The van der Waals surface area contributed by atoms with E-state index < -0.39 is 0 Å². The Kier molecular flexibility index (Phi) is 5.26. The molecule has 30 heavy (non-hydrogen) atoms. The van der Waals surface area contributed by atoms with E-state index in [-0.39, 0.29) is 5.91 Å². The van der Waals surface area contributed by atoms with Crippen LogP contribution in [0.15, 0.2) is 67.0 Å².